The summed E-state index contributed by atoms with van der Waals surface area (Å²) < 4.78 is 39.4. The van der Waals surface area contributed by atoms with Gasteiger partial charge in [-0.05, 0) is 42.5 Å². The minimum atomic E-state index is -4.55. The molecule has 0 aromatic heterocycles. The maximum atomic E-state index is 13.1. The first-order valence-corrected chi connectivity index (χ1v) is 10.2. The number of hydrogen-bond donors (Lipinski definition) is 1. The number of alkyl halides is 3. The van der Waals surface area contributed by atoms with Crippen molar-refractivity contribution in [3.63, 3.8) is 0 Å². The monoisotopic (exact) mass is 434 g/mol. The number of hydrogen-bond acceptors (Lipinski definition) is 2. The number of carbonyl (C=O) groups is 1. The molecule has 2 bridgehead atoms. The Morgan fingerprint density at radius 2 is 1.97 bits per heavy atom. The maximum absolute atomic E-state index is 13.1. The molecule has 3 nitrogen and oxygen atoms in total. The van der Waals surface area contributed by atoms with Gasteiger partial charge in [-0.3, -0.25) is 9.69 Å². The number of nitrogens with one attached hydrogen (secondary N) is 1. The lowest BCUT2D eigenvalue weighted by Gasteiger charge is -2.48. The van der Waals surface area contributed by atoms with E-state index in [9.17, 15) is 18.0 Å². The Morgan fingerprint density at radius 3 is 2.60 bits per heavy atom. The molecule has 1 aliphatic carbocycles. The average Bonchev–Trinajstić information content (AvgIpc) is 3.21. The smallest absolute Gasteiger partial charge is 0.343 e. The second-order valence-electron chi connectivity index (χ2n) is 8.08. The number of fused-ring (bicyclic) bond motifs is 1. The highest BCUT2D eigenvalue weighted by Gasteiger charge is 2.60. The fourth-order valence-corrected chi connectivity index (χ4v) is 5.11. The standard InChI is InChI=1S/C23H22ClF3N2O/c1-2-10-29-14-15-12-22(29,13-15)20(16-6-4-3-5-7-16)28-21(30)18-11-17(23(25,26)27)8-9-19(18)24/h2-9,11,15,20H,1,10,12-14H2,(H,28,30). The van der Waals surface area contributed by atoms with Gasteiger partial charge < -0.3 is 5.32 Å². The van der Waals surface area contributed by atoms with Crippen molar-refractivity contribution in [3.8, 4) is 0 Å². The van der Waals surface area contributed by atoms with Gasteiger partial charge in [-0.2, -0.15) is 13.2 Å². The first kappa shape index (κ1) is 20.9. The van der Waals surface area contributed by atoms with Gasteiger partial charge in [0.05, 0.1) is 22.2 Å². The third kappa shape index (κ3) is 3.63. The Balaban J connectivity index is 1.69. The normalized spacial score (nSPS) is 24.2. The SMILES string of the molecule is C=CCN1CC2CC1(C(NC(=O)c1cc(C(F)(F)F)ccc1Cl)c1ccccc1)C2. The quantitative estimate of drug-likeness (QED) is 0.610. The van der Waals surface area contributed by atoms with E-state index in [1.165, 1.54) is 0 Å². The molecule has 1 amide bonds. The van der Waals surface area contributed by atoms with E-state index in [2.05, 4.69) is 16.8 Å². The van der Waals surface area contributed by atoms with E-state index in [-0.39, 0.29) is 22.2 Å². The Kier molecular flexibility index (Phi) is 5.41. The summed E-state index contributed by atoms with van der Waals surface area (Å²) in [4.78, 5) is 15.4. The third-order valence-corrected chi connectivity index (χ3v) is 6.56. The molecular weight excluding hydrogens is 413 g/mol. The zero-order valence-electron chi connectivity index (χ0n) is 16.3. The first-order chi connectivity index (χ1) is 14.2. The first-order valence-electron chi connectivity index (χ1n) is 9.83. The Hall–Kier alpha value is -2.31. The van der Waals surface area contributed by atoms with Crippen LogP contribution in [0.1, 0.15) is 40.4 Å². The van der Waals surface area contributed by atoms with Crippen molar-refractivity contribution in [1.82, 2.24) is 10.2 Å². The highest BCUT2D eigenvalue weighted by Crippen LogP contribution is 2.56. The molecule has 3 aliphatic rings. The van der Waals surface area contributed by atoms with E-state index in [4.69, 9.17) is 11.6 Å². The molecule has 3 fully saturated rings. The van der Waals surface area contributed by atoms with Crippen molar-refractivity contribution in [2.45, 2.75) is 30.6 Å². The molecule has 2 aromatic rings. The summed E-state index contributed by atoms with van der Waals surface area (Å²) in [7, 11) is 0. The van der Waals surface area contributed by atoms with Crippen LogP contribution in [0.15, 0.2) is 61.2 Å². The molecule has 1 atom stereocenters. The van der Waals surface area contributed by atoms with Crippen molar-refractivity contribution in [3.05, 3.63) is 82.9 Å². The van der Waals surface area contributed by atoms with E-state index < -0.39 is 17.6 Å². The van der Waals surface area contributed by atoms with Crippen LogP contribution in [0.25, 0.3) is 0 Å². The van der Waals surface area contributed by atoms with Crippen LogP contribution in [0.5, 0.6) is 0 Å². The van der Waals surface area contributed by atoms with Crippen molar-refractivity contribution in [2.75, 3.05) is 13.1 Å². The largest absolute Gasteiger partial charge is 0.416 e. The predicted octanol–water partition coefficient (Wildman–Crippen LogP) is 5.48. The van der Waals surface area contributed by atoms with Crippen LogP contribution < -0.4 is 5.32 Å². The third-order valence-electron chi connectivity index (χ3n) is 6.23. The van der Waals surface area contributed by atoms with Crippen LogP contribution in [0.4, 0.5) is 13.2 Å². The molecule has 158 valence electrons. The van der Waals surface area contributed by atoms with Crippen LogP contribution in [0, 0.1) is 5.92 Å². The summed E-state index contributed by atoms with van der Waals surface area (Å²) in [5.74, 6) is -0.0477. The molecule has 1 saturated carbocycles. The molecule has 7 heteroatoms. The van der Waals surface area contributed by atoms with Gasteiger partial charge in [-0.15, -0.1) is 6.58 Å². The van der Waals surface area contributed by atoms with Gasteiger partial charge >= 0.3 is 6.18 Å². The summed E-state index contributed by atoms with van der Waals surface area (Å²) in [6, 6.07) is 12.0. The number of amides is 1. The second kappa shape index (κ2) is 7.75. The van der Waals surface area contributed by atoms with Gasteiger partial charge in [0, 0.05) is 18.6 Å². The molecule has 1 N–H and O–H groups in total. The topological polar surface area (TPSA) is 32.3 Å². The number of rotatable bonds is 6. The zero-order chi connectivity index (χ0) is 21.5. The van der Waals surface area contributed by atoms with Crippen LogP contribution in [-0.4, -0.2) is 29.4 Å². The molecule has 2 saturated heterocycles. The van der Waals surface area contributed by atoms with Gasteiger partial charge in [0.25, 0.3) is 5.91 Å². The Bertz CT molecular complexity index is 955. The lowest BCUT2D eigenvalue weighted by molar-refractivity contribution is -0.137. The fraction of sp³-hybridized carbons (Fsp3) is 0.348. The van der Waals surface area contributed by atoms with E-state index in [1.54, 1.807) is 0 Å². The van der Waals surface area contributed by atoms with Crippen molar-refractivity contribution < 1.29 is 18.0 Å². The number of nitrogens with zero attached hydrogens (tertiary/aromatic N) is 1. The van der Waals surface area contributed by atoms with Crippen LogP contribution in [-0.2, 0) is 6.18 Å². The van der Waals surface area contributed by atoms with E-state index in [0.29, 0.717) is 12.5 Å². The highest BCUT2D eigenvalue weighted by molar-refractivity contribution is 6.33. The minimum Gasteiger partial charge on any atom is -0.343 e. The number of benzene rings is 2. The van der Waals surface area contributed by atoms with Crippen LogP contribution >= 0.6 is 11.6 Å². The van der Waals surface area contributed by atoms with E-state index >= 15 is 0 Å². The molecular formula is C23H22ClF3N2O. The Morgan fingerprint density at radius 1 is 1.27 bits per heavy atom. The summed E-state index contributed by atoms with van der Waals surface area (Å²) in [6.07, 6.45) is -0.853. The van der Waals surface area contributed by atoms with Gasteiger partial charge in [0.15, 0.2) is 0 Å². The van der Waals surface area contributed by atoms with E-state index in [0.717, 1.165) is 43.1 Å². The van der Waals surface area contributed by atoms with Gasteiger partial charge in [-0.1, -0.05) is 48.0 Å². The molecule has 2 aliphatic heterocycles. The lowest BCUT2D eigenvalue weighted by atomic mass is 9.67. The second-order valence-corrected chi connectivity index (χ2v) is 8.49. The van der Waals surface area contributed by atoms with Crippen LogP contribution in [0.3, 0.4) is 0 Å². The molecule has 2 heterocycles. The molecule has 0 radical (unpaired) electrons. The average molecular weight is 435 g/mol. The van der Waals surface area contributed by atoms with Crippen molar-refractivity contribution in [1.29, 1.82) is 0 Å². The van der Waals surface area contributed by atoms with Crippen LogP contribution in [0.2, 0.25) is 5.02 Å². The highest BCUT2D eigenvalue weighted by atomic mass is 35.5. The molecule has 2 aromatic carbocycles. The van der Waals surface area contributed by atoms with Gasteiger partial charge in [0.1, 0.15) is 0 Å². The lowest BCUT2D eigenvalue weighted by Crippen LogP contribution is -2.56. The molecule has 5 rings (SSSR count). The number of carbonyl (C=O) groups excluding carboxylic acids is 1. The molecule has 0 spiro atoms. The molecule has 1 unspecified atom stereocenters. The van der Waals surface area contributed by atoms with Gasteiger partial charge in [-0.25, -0.2) is 0 Å². The van der Waals surface area contributed by atoms with E-state index in [1.807, 2.05) is 36.4 Å². The van der Waals surface area contributed by atoms with Crippen molar-refractivity contribution >= 4 is 17.5 Å². The fourth-order valence-electron chi connectivity index (χ4n) is 4.91. The summed E-state index contributed by atoms with van der Waals surface area (Å²) in [5, 5.41) is 3.00. The summed E-state index contributed by atoms with van der Waals surface area (Å²) in [5.41, 5.74) is -0.426. The minimum absolute atomic E-state index is 0.00864. The summed E-state index contributed by atoms with van der Waals surface area (Å²) >= 11 is 6.10. The molecule has 30 heavy (non-hydrogen) atoms. The van der Waals surface area contributed by atoms with Gasteiger partial charge in [0.2, 0.25) is 0 Å². The summed E-state index contributed by atoms with van der Waals surface area (Å²) in [6.45, 7) is 5.46. The van der Waals surface area contributed by atoms with Crippen molar-refractivity contribution in [2.24, 2.45) is 5.92 Å². The maximum Gasteiger partial charge on any atom is 0.416 e. The predicted molar refractivity (Wildman–Crippen MR) is 110 cm³/mol. The number of halogens is 4. The zero-order valence-corrected chi connectivity index (χ0v) is 17.0. The Labute approximate surface area is 178 Å².